The van der Waals surface area contributed by atoms with Crippen LogP contribution in [0, 0.1) is 0 Å². The molecule has 150 valence electrons. The van der Waals surface area contributed by atoms with Gasteiger partial charge in [-0.3, -0.25) is 4.79 Å². The Hall–Kier alpha value is -3.05. The maximum Gasteiger partial charge on any atom is 0.242 e. The minimum Gasteiger partial charge on any atom is -0.495 e. The second kappa shape index (κ2) is 8.97. The second-order valence-corrected chi connectivity index (χ2v) is 7.50. The van der Waals surface area contributed by atoms with Gasteiger partial charge in [-0.25, -0.2) is 0 Å². The topological polar surface area (TPSA) is 46.0 Å². The Bertz CT molecular complexity index is 975. The van der Waals surface area contributed by atoms with E-state index in [1.54, 1.807) is 7.11 Å². The van der Waals surface area contributed by atoms with Crippen LogP contribution in [-0.2, 0) is 11.3 Å². The predicted octanol–water partition coefficient (Wildman–Crippen LogP) is 2.19. The zero-order valence-corrected chi connectivity index (χ0v) is 16.9. The van der Waals surface area contributed by atoms with E-state index in [2.05, 4.69) is 47.8 Å². The number of rotatable bonds is 6. The number of hydrogen-bond acceptors (Lipinski definition) is 3. The number of carbonyl (C=O) groups excluding carboxylic acids is 1. The smallest absolute Gasteiger partial charge is 0.242 e. The lowest BCUT2D eigenvalue weighted by Gasteiger charge is -2.32. The van der Waals surface area contributed by atoms with Crippen molar-refractivity contribution in [1.29, 1.82) is 0 Å². The second-order valence-electron chi connectivity index (χ2n) is 7.50. The lowest BCUT2D eigenvalue weighted by molar-refractivity contribution is -0.917. The van der Waals surface area contributed by atoms with Crippen LogP contribution in [0.4, 0.5) is 5.69 Å². The number of piperazine rings is 1. The number of amides is 1. The van der Waals surface area contributed by atoms with Gasteiger partial charge in [0.1, 0.15) is 12.3 Å². The number of nitrogens with one attached hydrogen (secondary N) is 2. The summed E-state index contributed by atoms with van der Waals surface area (Å²) in [4.78, 5) is 16.1. The standard InChI is InChI=1S/C24H27N3O2/c1-29-23-12-5-4-11-22(23)25-17-24(28)27-15-13-26(14-16-27)18-20-9-6-8-19-7-2-3-10-21(19)20/h2-12,25H,13-18H2,1H3/p+1. The number of nitrogens with zero attached hydrogens (tertiary/aromatic N) is 1. The number of methoxy groups -OCH3 is 1. The van der Waals surface area contributed by atoms with Gasteiger partial charge in [0.2, 0.25) is 5.91 Å². The van der Waals surface area contributed by atoms with Crippen LogP contribution < -0.4 is 15.0 Å². The highest BCUT2D eigenvalue weighted by Crippen LogP contribution is 2.22. The molecule has 0 saturated carbocycles. The van der Waals surface area contributed by atoms with Crippen molar-refractivity contribution in [1.82, 2.24) is 4.90 Å². The fourth-order valence-electron chi connectivity index (χ4n) is 4.04. The van der Waals surface area contributed by atoms with Gasteiger partial charge >= 0.3 is 0 Å². The van der Waals surface area contributed by atoms with Crippen LogP contribution in [0.2, 0.25) is 0 Å². The fraction of sp³-hybridized carbons (Fsp3) is 0.292. The molecule has 0 atom stereocenters. The molecule has 3 aromatic carbocycles. The number of para-hydroxylation sites is 2. The third-order valence-corrected chi connectivity index (χ3v) is 5.68. The first-order chi connectivity index (χ1) is 14.2. The number of fused-ring (bicyclic) bond motifs is 1. The van der Waals surface area contributed by atoms with Crippen LogP contribution >= 0.6 is 0 Å². The molecule has 0 bridgehead atoms. The van der Waals surface area contributed by atoms with Gasteiger partial charge in [-0.2, -0.15) is 0 Å². The summed E-state index contributed by atoms with van der Waals surface area (Å²) >= 11 is 0. The van der Waals surface area contributed by atoms with Gasteiger partial charge in [0.25, 0.3) is 0 Å². The minimum atomic E-state index is 0.139. The van der Waals surface area contributed by atoms with Gasteiger partial charge < -0.3 is 19.9 Å². The molecule has 0 aliphatic carbocycles. The van der Waals surface area contributed by atoms with E-state index in [4.69, 9.17) is 4.74 Å². The highest BCUT2D eigenvalue weighted by molar-refractivity contribution is 5.85. The van der Waals surface area contributed by atoms with Crippen molar-refractivity contribution in [3.05, 3.63) is 72.3 Å². The summed E-state index contributed by atoms with van der Waals surface area (Å²) in [7, 11) is 1.64. The van der Waals surface area contributed by atoms with Crippen LogP contribution in [0.1, 0.15) is 5.56 Å². The summed E-state index contributed by atoms with van der Waals surface area (Å²) in [6, 6.07) is 22.8. The van der Waals surface area contributed by atoms with Crippen LogP contribution in [0.3, 0.4) is 0 Å². The van der Waals surface area contributed by atoms with Crippen molar-refractivity contribution in [2.24, 2.45) is 0 Å². The number of benzene rings is 3. The molecule has 1 aliphatic rings. The quantitative estimate of drug-likeness (QED) is 0.678. The molecule has 5 heteroatoms. The van der Waals surface area contributed by atoms with Crippen LogP contribution in [0.15, 0.2) is 66.7 Å². The van der Waals surface area contributed by atoms with E-state index in [0.717, 1.165) is 44.2 Å². The normalized spacial score (nSPS) is 14.7. The van der Waals surface area contributed by atoms with Gasteiger partial charge in [0.15, 0.2) is 0 Å². The zero-order chi connectivity index (χ0) is 20.1. The number of hydrogen-bond donors (Lipinski definition) is 2. The molecule has 1 heterocycles. The molecule has 1 fully saturated rings. The van der Waals surface area contributed by atoms with E-state index in [9.17, 15) is 4.79 Å². The molecule has 0 unspecified atom stereocenters. The molecule has 3 aromatic rings. The molecular formula is C24H28N3O2+. The predicted molar refractivity (Wildman–Crippen MR) is 116 cm³/mol. The van der Waals surface area contributed by atoms with Crippen molar-refractivity contribution >= 4 is 22.4 Å². The summed E-state index contributed by atoms with van der Waals surface area (Å²) in [5.74, 6) is 0.893. The molecule has 0 spiro atoms. The number of anilines is 1. The summed E-state index contributed by atoms with van der Waals surface area (Å²) in [6.07, 6.45) is 0. The maximum atomic E-state index is 12.6. The highest BCUT2D eigenvalue weighted by atomic mass is 16.5. The number of carbonyl (C=O) groups is 1. The summed E-state index contributed by atoms with van der Waals surface area (Å²) in [5, 5.41) is 5.84. The Labute approximate surface area is 171 Å². The molecule has 2 N–H and O–H groups in total. The first-order valence-electron chi connectivity index (χ1n) is 10.2. The van der Waals surface area contributed by atoms with Crippen molar-refractivity contribution in [2.45, 2.75) is 6.54 Å². The van der Waals surface area contributed by atoms with Crippen LogP contribution in [-0.4, -0.2) is 50.6 Å². The van der Waals surface area contributed by atoms with Crippen molar-refractivity contribution in [2.75, 3.05) is 45.2 Å². The van der Waals surface area contributed by atoms with E-state index < -0.39 is 0 Å². The lowest BCUT2D eigenvalue weighted by Crippen LogP contribution is -3.13. The van der Waals surface area contributed by atoms with Gasteiger partial charge in [0.05, 0.1) is 45.5 Å². The van der Waals surface area contributed by atoms with Gasteiger partial charge in [0, 0.05) is 5.56 Å². The average Bonchev–Trinajstić information content (AvgIpc) is 2.78. The van der Waals surface area contributed by atoms with E-state index in [-0.39, 0.29) is 5.91 Å². The Balaban J connectivity index is 1.30. The van der Waals surface area contributed by atoms with E-state index in [1.165, 1.54) is 21.2 Å². The Morgan fingerprint density at radius 2 is 1.72 bits per heavy atom. The average molecular weight is 391 g/mol. The first-order valence-corrected chi connectivity index (χ1v) is 10.2. The minimum absolute atomic E-state index is 0.139. The molecule has 5 nitrogen and oxygen atoms in total. The molecule has 1 amide bonds. The lowest BCUT2D eigenvalue weighted by atomic mass is 10.0. The monoisotopic (exact) mass is 390 g/mol. The highest BCUT2D eigenvalue weighted by Gasteiger charge is 2.24. The van der Waals surface area contributed by atoms with E-state index in [0.29, 0.717) is 6.54 Å². The van der Waals surface area contributed by atoms with Gasteiger partial charge in [-0.15, -0.1) is 0 Å². The summed E-state index contributed by atoms with van der Waals surface area (Å²) < 4.78 is 5.33. The number of ether oxygens (including phenoxy) is 1. The SMILES string of the molecule is COc1ccccc1NCC(=O)N1CC[NH+](Cc2cccc3ccccc23)CC1. The maximum absolute atomic E-state index is 12.6. The molecule has 1 saturated heterocycles. The Morgan fingerprint density at radius 1 is 1.00 bits per heavy atom. The summed E-state index contributed by atoms with van der Waals surface area (Å²) in [5.41, 5.74) is 2.24. The largest absolute Gasteiger partial charge is 0.495 e. The van der Waals surface area contributed by atoms with E-state index >= 15 is 0 Å². The molecular weight excluding hydrogens is 362 g/mol. The molecule has 0 radical (unpaired) electrons. The summed E-state index contributed by atoms with van der Waals surface area (Å²) in [6.45, 7) is 4.84. The third kappa shape index (κ3) is 4.51. The third-order valence-electron chi connectivity index (χ3n) is 5.68. The van der Waals surface area contributed by atoms with E-state index in [1.807, 2.05) is 29.2 Å². The van der Waals surface area contributed by atoms with Gasteiger partial charge in [-0.05, 0) is 22.9 Å². The zero-order valence-electron chi connectivity index (χ0n) is 16.9. The fourth-order valence-corrected chi connectivity index (χ4v) is 4.04. The molecule has 29 heavy (non-hydrogen) atoms. The van der Waals surface area contributed by atoms with Crippen LogP contribution in [0.25, 0.3) is 10.8 Å². The van der Waals surface area contributed by atoms with Crippen molar-refractivity contribution in [3.8, 4) is 5.75 Å². The van der Waals surface area contributed by atoms with Crippen molar-refractivity contribution in [3.63, 3.8) is 0 Å². The molecule has 0 aromatic heterocycles. The first kappa shape index (κ1) is 19.3. The Kier molecular flexibility index (Phi) is 5.96. The number of quaternary nitrogens is 1. The van der Waals surface area contributed by atoms with Crippen molar-refractivity contribution < 1.29 is 14.4 Å². The molecule has 1 aliphatic heterocycles. The molecule has 4 rings (SSSR count). The van der Waals surface area contributed by atoms with Gasteiger partial charge in [-0.1, -0.05) is 54.6 Å². The Morgan fingerprint density at radius 3 is 2.55 bits per heavy atom. The van der Waals surface area contributed by atoms with Crippen LogP contribution in [0.5, 0.6) is 5.75 Å².